The Labute approximate surface area is 106 Å². The van der Waals surface area contributed by atoms with Crippen molar-refractivity contribution in [1.29, 1.82) is 0 Å². The molecule has 100 valence electrons. The minimum Gasteiger partial charge on any atom is -0.379 e. The van der Waals surface area contributed by atoms with Gasteiger partial charge in [-0.2, -0.15) is 0 Å². The molecule has 0 radical (unpaired) electrons. The van der Waals surface area contributed by atoms with Gasteiger partial charge in [-0.25, -0.2) is 0 Å². The van der Waals surface area contributed by atoms with Crippen LogP contribution in [0.3, 0.4) is 0 Å². The van der Waals surface area contributed by atoms with E-state index >= 15 is 0 Å². The zero-order chi connectivity index (χ0) is 12.1. The van der Waals surface area contributed by atoms with Crippen molar-refractivity contribution in [3.63, 3.8) is 0 Å². The molecule has 3 nitrogen and oxygen atoms in total. The second kappa shape index (κ2) is 6.17. The normalized spacial score (nSPS) is 27.2. The zero-order valence-corrected chi connectivity index (χ0v) is 11.3. The average Bonchev–Trinajstić information content (AvgIpc) is 2.39. The molecule has 0 aromatic rings. The largest absolute Gasteiger partial charge is 0.379 e. The topological polar surface area (TPSA) is 38.5 Å². The maximum absolute atomic E-state index is 5.69. The highest BCUT2D eigenvalue weighted by Crippen LogP contribution is 2.44. The molecule has 2 N–H and O–H groups in total. The smallest absolute Gasteiger partial charge is 0.0820 e. The Morgan fingerprint density at radius 1 is 1.12 bits per heavy atom. The number of nitrogens with two attached hydrogens (primary N) is 1. The lowest BCUT2D eigenvalue weighted by Gasteiger charge is -2.44. The lowest BCUT2D eigenvalue weighted by atomic mass is 9.68. The van der Waals surface area contributed by atoms with Gasteiger partial charge in [0.15, 0.2) is 0 Å². The molecule has 0 bridgehead atoms. The highest BCUT2D eigenvalue weighted by atomic mass is 16.5. The van der Waals surface area contributed by atoms with Crippen molar-refractivity contribution in [2.75, 3.05) is 33.3 Å². The number of hydrogen-bond acceptors (Lipinski definition) is 3. The molecule has 0 amide bonds. The number of hydrogen-bond donors (Lipinski definition) is 1. The highest BCUT2D eigenvalue weighted by molar-refractivity contribution is 4.88. The van der Waals surface area contributed by atoms with Gasteiger partial charge in [0.25, 0.3) is 0 Å². The van der Waals surface area contributed by atoms with Crippen molar-refractivity contribution in [1.82, 2.24) is 4.90 Å². The van der Waals surface area contributed by atoms with Gasteiger partial charge in [-0.3, -0.25) is 0 Å². The van der Waals surface area contributed by atoms with E-state index < -0.39 is 0 Å². The van der Waals surface area contributed by atoms with E-state index in [4.69, 9.17) is 10.5 Å². The Morgan fingerprint density at radius 3 is 2.29 bits per heavy atom. The molecule has 0 aromatic carbocycles. The second-order valence-electron chi connectivity index (χ2n) is 5.95. The van der Waals surface area contributed by atoms with Gasteiger partial charge < -0.3 is 15.4 Å². The SMILES string of the molecule is COC(CN)CN1CCC2(CCCCC2)CC1. The van der Waals surface area contributed by atoms with Crippen LogP contribution in [-0.4, -0.2) is 44.3 Å². The fourth-order valence-corrected chi connectivity index (χ4v) is 3.55. The van der Waals surface area contributed by atoms with Crippen molar-refractivity contribution in [3.8, 4) is 0 Å². The van der Waals surface area contributed by atoms with Gasteiger partial charge in [0.2, 0.25) is 0 Å². The molecule has 3 heteroatoms. The molecule has 1 heterocycles. The predicted molar refractivity (Wildman–Crippen MR) is 71.0 cm³/mol. The van der Waals surface area contributed by atoms with Crippen LogP contribution in [0.4, 0.5) is 0 Å². The van der Waals surface area contributed by atoms with Crippen LogP contribution in [0.15, 0.2) is 0 Å². The van der Waals surface area contributed by atoms with Crippen LogP contribution >= 0.6 is 0 Å². The molecule has 2 rings (SSSR count). The first-order chi connectivity index (χ1) is 8.28. The van der Waals surface area contributed by atoms with Crippen LogP contribution in [0, 0.1) is 5.41 Å². The van der Waals surface area contributed by atoms with E-state index in [0.717, 1.165) is 6.54 Å². The molecule has 0 aromatic heterocycles. The van der Waals surface area contributed by atoms with Gasteiger partial charge in [0.05, 0.1) is 6.10 Å². The fourth-order valence-electron chi connectivity index (χ4n) is 3.55. The quantitative estimate of drug-likeness (QED) is 0.817. The maximum Gasteiger partial charge on any atom is 0.0820 e. The monoisotopic (exact) mass is 240 g/mol. The van der Waals surface area contributed by atoms with Gasteiger partial charge in [0.1, 0.15) is 0 Å². The van der Waals surface area contributed by atoms with Crippen LogP contribution < -0.4 is 5.73 Å². The minimum absolute atomic E-state index is 0.218. The van der Waals surface area contributed by atoms with Gasteiger partial charge in [-0.05, 0) is 44.2 Å². The van der Waals surface area contributed by atoms with Crippen molar-refractivity contribution in [2.24, 2.45) is 11.1 Å². The summed E-state index contributed by atoms with van der Waals surface area (Å²) in [6.07, 6.45) is 10.4. The molecule has 1 atom stereocenters. The van der Waals surface area contributed by atoms with E-state index in [9.17, 15) is 0 Å². The van der Waals surface area contributed by atoms with Gasteiger partial charge in [-0.1, -0.05) is 19.3 Å². The summed E-state index contributed by atoms with van der Waals surface area (Å²) in [7, 11) is 1.77. The number of piperidine rings is 1. The van der Waals surface area contributed by atoms with Crippen LogP contribution in [0.1, 0.15) is 44.9 Å². The van der Waals surface area contributed by atoms with E-state index in [2.05, 4.69) is 4.90 Å². The van der Waals surface area contributed by atoms with E-state index in [0.29, 0.717) is 12.0 Å². The lowest BCUT2D eigenvalue weighted by molar-refractivity contribution is 0.0246. The Bertz CT molecular complexity index is 212. The summed E-state index contributed by atoms with van der Waals surface area (Å²) in [6, 6.07) is 0. The first kappa shape index (κ1) is 13.3. The minimum atomic E-state index is 0.218. The van der Waals surface area contributed by atoms with Crippen molar-refractivity contribution >= 4 is 0 Å². The van der Waals surface area contributed by atoms with Crippen molar-refractivity contribution in [3.05, 3.63) is 0 Å². The van der Waals surface area contributed by atoms with Crippen LogP contribution in [0.25, 0.3) is 0 Å². The Kier molecular flexibility index (Phi) is 4.83. The summed E-state index contributed by atoms with van der Waals surface area (Å²) in [5.74, 6) is 0. The van der Waals surface area contributed by atoms with Gasteiger partial charge in [0, 0.05) is 20.2 Å². The molecular weight excluding hydrogens is 212 g/mol. The summed E-state index contributed by atoms with van der Waals surface area (Å²) >= 11 is 0. The van der Waals surface area contributed by atoms with Gasteiger partial charge in [-0.15, -0.1) is 0 Å². The van der Waals surface area contributed by atoms with Crippen LogP contribution in [-0.2, 0) is 4.74 Å². The van der Waals surface area contributed by atoms with E-state index in [1.54, 1.807) is 7.11 Å². The number of likely N-dealkylation sites (tertiary alicyclic amines) is 1. The van der Waals surface area contributed by atoms with Gasteiger partial charge >= 0.3 is 0 Å². The van der Waals surface area contributed by atoms with Crippen molar-refractivity contribution < 1.29 is 4.74 Å². The molecule has 2 aliphatic rings. The van der Waals surface area contributed by atoms with Crippen molar-refractivity contribution in [2.45, 2.75) is 51.0 Å². The predicted octanol–water partition coefficient (Wildman–Crippen LogP) is 2.01. The Balaban J connectivity index is 1.77. The average molecular weight is 240 g/mol. The Hall–Kier alpha value is -0.120. The molecule has 1 spiro atoms. The summed E-state index contributed by atoms with van der Waals surface area (Å²) < 4.78 is 5.37. The number of nitrogens with zero attached hydrogens (tertiary/aromatic N) is 1. The molecule has 1 aliphatic carbocycles. The Morgan fingerprint density at radius 2 is 1.76 bits per heavy atom. The third-order valence-electron chi connectivity index (χ3n) is 4.89. The molecule has 2 fully saturated rings. The number of methoxy groups -OCH3 is 1. The number of ether oxygens (including phenoxy) is 1. The maximum atomic E-state index is 5.69. The van der Waals surface area contributed by atoms with E-state index in [1.807, 2.05) is 0 Å². The molecule has 1 saturated carbocycles. The summed E-state index contributed by atoms with van der Waals surface area (Å²) in [5, 5.41) is 0. The summed E-state index contributed by atoms with van der Waals surface area (Å²) in [5.41, 5.74) is 6.39. The zero-order valence-electron chi connectivity index (χ0n) is 11.3. The van der Waals surface area contributed by atoms with E-state index in [-0.39, 0.29) is 6.10 Å². The van der Waals surface area contributed by atoms with Crippen LogP contribution in [0.5, 0.6) is 0 Å². The van der Waals surface area contributed by atoms with E-state index in [1.165, 1.54) is 58.0 Å². The lowest BCUT2D eigenvalue weighted by Crippen LogP contribution is -2.45. The summed E-state index contributed by atoms with van der Waals surface area (Å²) in [4.78, 5) is 2.54. The highest BCUT2D eigenvalue weighted by Gasteiger charge is 2.35. The third kappa shape index (κ3) is 3.43. The first-order valence-electron chi connectivity index (χ1n) is 7.23. The number of rotatable bonds is 4. The molecule has 1 unspecified atom stereocenters. The molecule has 1 aliphatic heterocycles. The molecule has 1 saturated heterocycles. The standard InChI is InChI=1S/C14H28N2O/c1-17-13(11-15)12-16-9-7-14(8-10-16)5-3-2-4-6-14/h13H,2-12,15H2,1H3. The fraction of sp³-hybridized carbons (Fsp3) is 1.00. The van der Waals surface area contributed by atoms with Crippen LogP contribution in [0.2, 0.25) is 0 Å². The first-order valence-corrected chi connectivity index (χ1v) is 7.23. The third-order valence-corrected chi connectivity index (χ3v) is 4.89. The second-order valence-corrected chi connectivity index (χ2v) is 5.95. The molecular formula is C14H28N2O. The molecule has 17 heavy (non-hydrogen) atoms. The summed E-state index contributed by atoms with van der Waals surface area (Å²) in [6.45, 7) is 4.15.